The molecule has 98 valence electrons. The Hall–Kier alpha value is -1.10. The van der Waals surface area contributed by atoms with E-state index in [0.717, 1.165) is 13.1 Å². The highest BCUT2D eigenvalue weighted by Crippen LogP contribution is 2.15. The van der Waals surface area contributed by atoms with Gasteiger partial charge in [0.05, 0.1) is 6.61 Å². The summed E-state index contributed by atoms with van der Waals surface area (Å²) in [6.07, 6.45) is 1.64. The van der Waals surface area contributed by atoms with Crippen LogP contribution in [-0.4, -0.2) is 34.5 Å². The quantitative estimate of drug-likeness (QED) is 0.784. The Morgan fingerprint density at radius 1 is 1.47 bits per heavy atom. The molecular weight excluding hydrogens is 216 g/mol. The van der Waals surface area contributed by atoms with Crippen LogP contribution in [0.25, 0.3) is 0 Å². The molecule has 1 aromatic heterocycles. The van der Waals surface area contributed by atoms with Crippen LogP contribution in [0.5, 0.6) is 6.01 Å². The molecular formula is C12H24N4O. The lowest BCUT2D eigenvalue weighted by atomic mass is 9.94. The monoisotopic (exact) mass is 240 g/mol. The third-order valence-electron chi connectivity index (χ3n) is 2.33. The summed E-state index contributed by atoms with van der Waals surface area (Å²) in [4.78, 5) is 4.04. The fourth-order valence-corrected chi connectivity index (χ4v) is 1.40. The molecule has 0 fully saturated rings. The Kier molecular flexibility index (Phi) is 4.93. The molecule has 0 bridgehead atoms. The van der Waals surface area contributed by atoms with Crippen LogP contribution in [0.1, 0.15) is 27.7 Å². The first-order valence-electron chi connectivity index (χ1n) is 6.08. The molecule has 0 amide bonds. The van der Waals surface area contributed by atoms with Gasteiger partial charge in [-0.2, -0.15) is 4.98 Å². The summed E-state index contributed by atoms with van der Waals surface area (Å²) in [5, 5.41) is 7.53. The molecule has 17 heavy (non-hydrogen) atoms. The Bertz CT molecular complexity index is 333. The lowest BCUT2D eigenvalue weighted by molar-refractivity contribution is 0.164. The first-order valence-corrected chi connectivity index (χ1v) is 6.08. The minimum Gasteiger partial charge on any atom is -0.462 e. The van der Waals surface area contributed by atoms with E-state index < -0.39 is 0 Å². The van der Waals surface area contributed by atoms with E-state index in [9.17, 15) is 0 Å². The van der Waals surface area contributed by atoms with Gasteiger partial charge in [-0.05, 0) is 12.5 Å². The van der Waals surface area contributed by atoms with Crippen molar-refractivity contribution in [1.82, 2.24) is 20.1 Å². The van der Waals surface area contributed by atoms with Gasteiger partial charge in [-0.25, -0.2) is 0 Å². The summed E-state index contributed by atoms with van der Waals surface area (Å²) in [5.74, 6) is 0.671. The second kappa shape index (κ2) is 6.00. The number of hydrogen-bond donors (Lipinski definition) is 1. The van der Waals surface area contributed by atoms with Gasteiger partial charge in [-0.15, -0.1) is 5.10 Å². The smallest absolute Gasteiger partial charge is 0.335 e. The predicted octanol–water partition coefficient (Wildman–Crippen LogP) is 1.47. The Morgan fingerprint density at radius 2 is 2.18 bits per heavy atom. The number of rotatable bonds is 7. The molecule has 1 N–H and O–H groups in total. The Morgan fingerprint density at radius 3 is 2.71 bits per heavy atom. The molecule has 5 nitrogen and oxygen atoms in total. The molecule has 0 spiro atoms. The molecule has 0 saturated carbocycles. The molecule has 5 heteroatoms. The maximum atomic E-state index is 5.57. The van der Waals surface area contributed by atoms with Crippen molar-refractivity contribution in [3.63, 3.8) is 0 Å². The molecule has 0 atom stereocenters. The van der Waals surface area contributed by atoms with Gasteiger partial charge in [-0.1, -0.05) is 27.7 Å². The zero-order valence-electron chi connectivity index (χ0n) is 11.5. The van der Waals surface area contributed by atoms with E-state index in [1.54, 1.807) is 11.0 Å². The average Bonchev–Trinajstić information content (AvgIpc) is 2.61. The summed E-state index contributed by atoms with van der Waals surface area (Å²) in [6.45, 7) is 11.3. The van der Waals surface area contributed by atoms with Crippen molar-refractivity contribution < 1.29 is 4.74 Å². The maximum Gasteiger partial charge on any atom is 0.335 e. The van der Waals surface area contributed by atoms with E-state index in [1.807, 2.05) is 7.05 Å². The standard InChI is InChI=1S/C12H24N4O/c1-10(2)6-13-7-12(3,4)8-17-11-14-9-16(5)15-11/h9-10,13H,6-8H2,1-5H3. The number of aromatic nitrogens is 3. The highest BCUT2D eigenvalue weighted by atomic mass is 16.5. The van der Waals surface area contributed by atoms with Crippen LogP contribution in [0.4, 0.5) is 0 Å². The van der Waals surface area contributed by atoms with Crippen LogP contribution in [0, 0.1) is 11.3 Å². The van der Waals surface area contributed by atoms with Crippen molar-refractivity contribution in [3.8, 4) is 6.01 Å². The molecule has 1 rings (SSSR count). The largest absolute Gasteiger partial charge is 0.462 e. The number of nitrogens with one attached hydrogen (secondary N) is 1. The highest BCUT2D eigenvalue weighted by Gasteiger charge is 2.19. The van der Waals surface area contributed by atoms with Gasteiger partial charge >= 0.3 is 6.01 Å². The molecule has 0 aliphatic carbocycles. The van der Waals surface area contributed by atoms with Crippen molar-refractivity contribution in [2.75, 3.05) is 19.7 Å². The number of hydrogen-bond acceptors (Lipinski definition) is 4. The van der Waals surface area contributed by atoms with Crippen LogP contribution in [-0.2, 0) is 7.05 Å². The molecule has 0 aliphatic rings. The van der Waals surface area contributed by atoms with E-state index in [0.29, 0.717) is 18.5 Å². The van der Waals surface area contributed by atoms with Crippen molar-refractivity contribution in [2.45, 2.75) is 27.7 Å². The average molecular weight is 240 g/mol. The molecule has 0 unspecified atom stereocenters. The first-order chi connectivity index (χ1) is 7.89. The zero-order chi connectivity index (χ0) is 12.9. The SMILES string of the molecule is CC(C)CNCC(C)(C)COc1ncn(C)n1. The third-order valence-corrected chi connectivity index (χ3v) is 2.33. The second-order valence-electron chi connectivity index (χ2n) is 5.68. The molecule has 1 aromatic rings. The van der Waals surface area contributed by atoms with Gasteiger partial charge in [0.2, 0.25) is 0 Å². The molecule has 0 aliphatic heterocycles. The number of nitrogens with zero attached hydrogens (tertiary/aromatic N) is 3. The fourth-order valence-electron chi connectivity index (χ4n) is 1.40. The van der Waals surface area contributed by atoms with E-state index in [1.165, 1.54) is 0 Å². The summed E-state index contributed by atoms with van der Waals surface area (Å²) in [7, 11) is 1.83. The number of ether oxygens (including phenoxy) is 1. The molecule has 0 radical (unpaired) electrons. The zero-order valence-corrected chi connectivity index (χ0v) is 11.5. The lowest BCUT2D eigenvalue weighted by Gasteiger charge is -2.24. The van der Waals surface area contributed by atoms with Crippen LogP contribution < -0.4 is 10.1 Å². The van der Waals surface area contributed by atoms with Crippen molar-refractivity contribution in [3.05, 3.63) is 6.33 Å². The Labute approximate surface area is 104 Å². The molecule has 0 saturated heterocycles. The minimum absolute atomic E-state index is 0.0775. The van der Waals surface area contributed by atoms with Gasteiger partial charge in [0.15, 0.2) is 0 Å². The predicted molar refractivity (Wildman–Crippen MR) is 68.0 cm³/mol. The van der Waals surface area contributed by atoms with Gasteiger partial charge < -0.3 is 10.1 Å². The second-order valence-corrected chi connectivity index (χ2v) is 5.68. The lowest BCUT2D eigenvalue weighted by Crippen LogP contribution is -2.36. The van der Waals surface area contributed by atoms with Crippen LogP contribution in [0.3, 0.4) is 0 Å². The molecule has 1 heterocycles. The van der Waals surface area contributed by atoms with E-state index in [4.69, 9.17) is 4.74 Å². The van der Waals surface area contributed by atoms with Crippen LogP contribution >= 0.6 is 0 Å². The normalized spacial score (nSPS) is 12.1. The first kappa shape index (κ1) is 14.0. The molecule has 0 aromatic carbocycles. The van der Waals surface area contributed by atoms with E-state index >= 15 is 0 Å². The van der Waals surface area contributed by atoms with Crippen molar-refractivity contribution in [2.24, 2.45) is 18.4 Å². The van der Waals surface area contributed by atoms with E-state index in [-0.39, 0.29) is 5.41 Å². The van der Waals surface area contributed by atoms with Crippen molar-refractivity contribution in [1.29, 1.82) is 0 Å². The minimum atomic E-state index is 0.0775. The fraction of sp³-hybridized carbons (Fsp3) is 0.833. The highest BCUT2D eigenvalue weighted by molar-refractivity contribution is 4.88. The maximum absolute atomic E-state index is 5.57. The van der Waals surface area contributed by atoms with Gasteiger partial charge in [-0.3, -0.25) is 4.68 Å². The summed E-state index contributed by atoms with van der Waals surface area (Å²) >= 11 is 0. The topological polar surface area (TPSA) is 52.0 Å². The summed E-state index contributed by atoms with van der Waals surface area (Å²) in [6, 6.07) is 0.449. The summed E-state index contributed by atoms with van der Waals surface area (Å²) < 4.78 is 7.20. The van der Waals surface area contributed by atoms with E-state index in [2.05, 4.69) is 43.1 Å². The van der Waals surface area contributed by atoms with Crippen LogP contribution in [0.2, 0.25) is 0 Å². The summed E-state index contributed by atoms with van der Waals surface area (Å²) in [5.41, 5.74) is 0.0775. The van der Waals surface area contributed by atoms with Crippen molar-refractivity contribution >= 4 is 0 Å². The van der Waals surface area contributed by atoms with Gasteiger partial charge in [0.1, 0.15) is 6.33 Å². The van der Waals surface area contributed by atoms with Crippen LogP contribution in [0.15, 0.2) is 6.33 Å². The van der Waals surface area contributed by atoms with Gasteiger partial charge in [0, 0.05) is 19.0 Å². The number of aryl methyl sites for hydroxylation is 1. The Balaban J connectivity index is 2.28. The third kappa shape index (κ3) is 5.68. The van der Waals surface area contributed by atoms with Gasteiger partial charge in [0.25, 0.3) is 0 Å².